The molecule has 1 heterocycles. The molecule has 1 unspecified atom stereocenters. The van der Waals surface area contributed by atoms with Gasteiger partial charge in [-0.25, -0.2) is 9.38 Å². The molecule has 0 amide bonds. The molecule has 2 aromatic carbocycles. The number of oxime groups is 1. The van der Waals surface area contributed by atoms with Gasteiger partial charge < -0.3 is 9.74 Å². The monoisotopic (exact) mass is 373 g/mol. The van der Waals surface area contributed by atoms with Gasteiger partial charge in [0.2, 0.25) is 0 Å². The fraction of sp³-hybridized carbons (Fsp3) is 0.300. The van der Waals surface area contributed by atoms with Crippen molar-refractivity contribution in [2.24, 2.45) is 10.1 Å². The highest BCUT2D eigenvalue weighted by Gasteiger charge is 2.26. The topological polar surface area (TPSA) is 37.2 Å². The summed E-state index contributed by atoms with van der Waals surface area (Å²) in [5.74, 6) is -0.453. The van der Waals surface area contributed by atoms with Crippen molar-refractivity contribution in [2.45, 2.75) is 26.4 Å². The van der Waals surface area contributed by atoms with Crippen molar-refractivity contribution in [1.82, 2.24) is 4.90 Å². The SMILES string of the molecule is Cc1cc(C2CC(c3ccc(Cl)c(F)c3)=NO2)c(C)cc1/N=C\N(C)C. The van der Waals surface area contributed by atoms with E-state index in [4.69, 9.17) is 16.4 Å². The number of rotatable bonds is 4. The molecule has 0 bridgehead atoms. The van der Waals surface area contributed by atoms with Crippen LogP contribution in [0.15, 0.2) is 40.5 Å². The predicted octanol–water partition coefficient (Wildman–Crippen LogP) is 5.18. The third kappa shape index (κ3) is 3.88. The second-order valence-electron chi connectivity index (χ2n) is 6.67. The average Bonchev–Trinajstić information content (AvgIpc) is 3.07. The Morgan fingerprint density at radius 1 is 1.23 bits per heavy atom. The van der Waals surface area contributed by atoms with E-state index in [1.54, 1.807) is 12.4 Å². The van der Waals surface area contributed by atoms with Crippen LogP contribution < -0.4 is 0 Å². The molecule has 6 heteroatoms. The fourth-order valence-electron chi connectivity index (χ4n) is 2.88. The zero-order valence-electron chi connectivity index (χ0n) is 15.3. The van der Waals surface area contributed by atoms with Gasteiger partial charge in [0.25, 0.3) is 0 Å². The average molecular weight is 374 g/mol. The lowest BCUT2D eigenvalue weighted by atomic mass is 9.95. The summed E-state index contributed by atoms with van der Waals surface area (Å²) >= 11 is 5.75. The van der Waals surface area contributed by atoms with E-state index in [2.05, 4.69) is 16.2 Å². The highest BCUT2D eigenvalue weighted by Crippen LogP contribution is 2.35. The molecule has 4 nitrogen and oxygen atoms in total. The minimum Gasteiger partial charge on any atom is -0.387 e. The normalized spacial score (nSPS) is 16.7. The van der Waals surface area contributed by atoms with Crippen LogP contribution in [0, 0.1) is 19.7 Å². The van der Waals surface area contributed by atoms with Gasteiger partial charge in [-0.05, 0) is 54.8 Å². The smallest absolute Gasteiger partial charge is 0.158 e. The summed E-state index contributed by atoms with van der Waals surface area (Å²) in [6, 6.07) is 8.82. The van der Waals surface area contributed by atoms with Crippen LogP contribution in [0.5, 0.6) is 0 Å². The Bertz CT molecular complexity index is 893. The third-order valence-corrected chi connectivity index (χ3v) is 4.59. The van der Waals surface area contributed by atoms with Crippen LogP contribution in [0.1, 0.15) is 34.8 Å². The first-order chi connectivity index (χ1) is 12.3. The number of hydrogen-bond donors (Lipinski definition) is 0. The van der Waals surface area contributed by atoms with Crippen molar-refractivity contribution in [3.63, 3.8) is 0 Å². The summed E-state index contributed by atoms with van der Waals surface area (Å²) < 4.78 is 13.7. The maximum atomic E-state index is 13.7. The lowest BCUT2D eigenvalue weighted by molar-refractivity contribution is 0.0852. The first kappa shape index (κ1) is 18.4. The Balaban J connectivity index is 1.81. The minimum atomic E-state index is -0.453. The summed E-state index contributed by atoms with van der Waals surface area (Å²) in [4.78, 5) is 12.0. The predicted molar refractivity (Wildman–Crippen MR) is 104 cm³/mol. The largest absolute Gasteiger partial charge is 0.387 e. The van der Waals surface area contributed by atoms with Crippen LogP contribution >= 0.6 is 11.6 Å². The molecule has 2 aromatic rings. The molecular weight excluding hydrogens is 353 g/mol. The summed E-state index contributed by atoms with van der Waals surface area (Å²) in [6.45, 7) is 4.06. The van der Waals surface area contributed by atoms with E-state index >= 15 is 0 Å². The van der Waals surface area contributed by atoms with Crippen LogP contribution in [0.3, 0.4) is 0 Å². The number of halogens is 2. The fourth-order valence-corrected chi connectivity index (χ4v) is 2.99. The number of nitrogens with zero attached hydrogens (tertiary/aromatic N) is 3. The van der Waals surface area contributed by atoms with Crippen molar-refractivity contribution in [3.8, 4) is 0 Å². The molecule has 3 rings (SSSR count). The molecular formula is C20H21ClFN3O. The van der Waals surface area contributed by atoms with Crippen LogP contribution in [0.4, 0.5) is 10.1 Å². The number of aryl methyl sites for hydroxylation is 2. The first-order valence-electron chi connectivity index (χ1n) is 8.35. The Labute approximate surface area is 157 Å². The molecule has 0 radical (unpaired) electrons. The molecule has 0 saturated carbocycles. The Kier molecular flexibility index (Phi) is 5.28. The minimum absolute atomic E-state index is 0.102. The second-order valence-corrected chi connectivity index (χ2v) is 7.08. The van der Waals surface area contributed by atoms with Gasteiger partial charge in [0, 0.05) is 26.1 Å². The molecule has 136 valence electrons. The number of benzene rings is 2. The van der Waals surface area contributed by atoms with Crippen molar-refractivity contribution >= 4 is 29.3 Å². The molecule has 26 heavy (non-hydrogen) atoms. The molecule has 1 aliphatic rings. The van der Waals surface area contributed by atoms with E-state index < -0.39 is 5.82 Å². The zero-order chi connectivity index (χ0) is 18.8. The van der Waals surface area contributed by atoms with E-state index in [1.807, 2.05) is 38.9 Å². The molecule has 0 fully saturated rings. The van der Waals surface area contributed by atoms with Crippen molar-refractivity contribution < 1.29 is 9.23 Å². The molecule has 0 saturated heterocycles. The van der Waals surface area contributed by atoms with E-state index in [0.29, 0.717) is 12.0 Å². The van der Waals surface area contributed by atoms with Crippen LogP contribution in [0.25, 0.3) is 0 Å². The van der Waals surface area contributed by atoms with Gasteiger partial charge in [-0.3, -0.25) is 0 Å². The van der Waals surface area contributed by atoms with Gasteiger partial charge in [-0.1, -0.05) is 22.8 Å². The van der Waals surface area contributed by atoms with E-state index in [0.717, 1.165) is 28.1 Å². The third-order valence-electron chi connectivity index (χ3n) is 4.28. The molecule has 0 aliphatic carbocycles. The Morgan fingerprint density at radius 3 is 2.69 bits per heavy atom. The summed E-state index contributed by atoms with van der Waals surface area (Å²) in [5.41, 5.74) is 5.56. The van der Waals surface area contributed by atoms with Crippen molar-refractivity contribution in [2.75, 3.05) is 14.1 Å². The highest BCUT2D eigenvalue weighted by molar-refractivity contribution is 6.30. The van der Waals surface area contributed by atoms with Crippen molar-refractivity contribution in [3.05, 3.63) is 63.4 Å². The lowest BCUT2D eigenvalue weighted by Crippen LogP contribution is -2.07. The van der Waals surface area contributed by atoms with Gasteiger partial charge in [0.05, 0.1) is 22.8 Å². The standard InChI is InChI=1S/C20H21ClFN3O/c1-12-8-18(23-11-25(3)4)13(2)7-15(12)20-10-19(24-26-20)14-5-6-16(21)17(22)9-14/h5-9,11,20H,10H2,1-4H3/b23-11-. The summed E-state index contributed by atoms with van der Waals surface area (Å²) in [6.07, 6.45) is 2.18. The second kappa shape index (κ2) is 7.46. The Morgan fingerprint density at radius 2 is 2.00 bits per heavy atom. The number of aliphatic imine (C=N–C) groups is 1. The van der Waals surface area contributed by atoms with Crippen LogP contribution in [-0.2, 0) is 4.84 Å². The molecule has 0 N–H and O–H groups in total. The first-order valence-corrected chi connectivity index (χ1v) is 8.73. The molecule has 0 aromatic heterocycles. The van der Waals surface area contributed by atoms with Gasteiger partial charge in [-0.15, -0.1) is 0 Å². The Hall–Kier alpha value is -2.40. The van der Waals surface area contributed by atoms with Gasteiger partial charge in [-0.2, -0.15) is 0 Å². The lowest BCUT2D eigenvalue weighted by Gasteiger charge is -2.14. The molecule has 0 spiro atoms. The highest BCUT2D eigenvalue weighted by atomic mass is 35.5. The maximum absolute atomic E-state index is 13.7. The quantitative estimate of drug-likeness (QED) is 0.546. The zero-order valence-corrected chi connectivity index (χ0v) is 16.0. The van der Waals surface area contributed by atoms with E-state index in [9.17, 15) is 4.39 Å². The van der Waals surface area contributed by atoms with Gasteiger partial charge in [0.15, 0.2) is 6.10 Å². The van der Waals surface area contributed by atoms with Gasteiger partial charge in [0.1, 0.15) is 5.82 Å². The van der Waals surface area contributed by atoms with E-state index in [1.165, 1.54) is 12.1 Å². The maximum Gasteiger partial charge on any atom is 0.158 e. The number of hydrogen-bond acceptors (Lipinski definition) is 3. The molecule has 1 atom stereocenters. The van der Waals surface area contributed by atoms with Crippen LogP contribution in [-0.4, -0.2) is 31.0 Å². The van der Waals surface area contributed by atoms with E-state index in [-0.39, 0.29) is 11.1 Å². The molecule has 1 aliphatic heterocycles. The summed E-state index contributed by atoms with van der Waals surface area (Å²) in [7, 11) is 3.87. The van der Waals surface area contributed by atoms with Crippen LogP contribution in [0.2, 0.25) is 5.02 Å². The summed E-state index contributed by atoms with van der Waals surface area (Å²) in [5, 5.41) is 4.26. The van der Waals surface area contributed by atoms with Crippen molar-refractivity contribution in [1.29, 1.82) is 0 Å². The van der Waals surface area contributed by atoms with Gasteiger partial charge >= 0.3 is 0 Å².